The minimum Gasteiger partial charge on any atom is -0.450 e. The standard InChI is InChI=1S/C19H31N5O2.HI/c1-4-26-19(25)24-13-10-16(11-14-24)22-18(20-2)21-12-15-23(3)17-8-6-5-7-9-17;/h5-9,16H,4,10-15H2,1-3H3,(H2,20,21,22);1H. The third kappa shape index (κ3) is 7.82. The molecule has 1 aromatic rings. The van der Waals surface area contributed by atoms with Gasteiger partial charge in [0.1, 0.15) is 0 Å². The number of rotatable bonds is 6. The number of likely N-dealkylation sites (N-methyl/N-ethyl adjacent to an activating group) is 1. The first-order valence-corrected chi connectivity index (χ1v) is 9.29. The number of piperidine rings is 1. The van der Waals surface area contributed by atoms with Crippen molar-refractivity contribution in [2.45, 2.75) is 25.8 Å². The van der Waals surface area contributed by atoms with Gasteiger partial charge in [-0.3, -0.25) is 4.99 Å². The molecule has 2 rings (SSSR count). The van der Waals surface area contributed by atoms with Gasteiger partial charge in [-0.15, -0.1) is 24.0 Å². The molecule has 7 nitrogen and oxygen atoms in total. The summed E-state index contributed by atoms with van der Waals surface area (Å²) in [5.41, 5.74) is 1.20. The van der Waals surface area contributed by atoms with Gasteiger partial charge < -0.3 is 25.2 Å². The van der Waals surface area contributed by atoms with E-state index in [0.717, 1.165) is 31.9 Å². The molecule has 0 aliphatic carbocycles. The van der Waals surface area contributed by atoms with E-state index >= 15 is 0 Å². The van der Waals surface area contributed by atoms with E-state index in [2.05, 4.69) is 39.7 Å². The van der Waals surface area contributed by atoms with Crippen LogP contribution in [0.4, 0.5) is 10.5 Å². The molecule has 0 atom stereocenters. The van der Waals surface area contributed by atoms with Crippen LogP contribution in [0.5, 0.6) is 0 Å². The van der Waals surface area contributed by atoms with Gasteiger partial charge in [-0.25, -0.2) is 4.79 Å². The fraction of sp³-hybridized carbons (Fsp3) is 0.579. The molecule has 1 amide bonds. The number of halogens is 1. The van der Waals surface area contributed by atoms with Crippen molar-refractivity contribution in [2.24, 2.45) is 4.99 Å². The maximum absolute atomic E-state index is 11.7. The molecule has 27 heavy (non-hydrogen) atoms. The first-order chi connectivity index (χ1) is 12.6. The maximum Gasteiger partial charge on any atom is 0.409 e. The minimum absolute atomic E-state index is 0. The van der Waals surface area contributed by atoms with Crippen LogP contribution < -0.4 is 15.5 Å². The average Bonchev–Trinajstić information content (AvgIpc) is 2.68. The number of benzene rings is 1. The highest BCUT2D eigenvalue weighted by Gasteiger charge is 2.23. The molecule has 1 aliphatic heterocycles. The second-order valence-electron chi connectivity index (χ2n) is 6.36. The van der Waals surface area contributed by atoms with Crippen LogP contribution in [0.2, 0.25) is 0 Å². The zero-order valence-corrected chi connectivity index (χ0v) is 18.8. The van der Waals surface area contributed by atoms with E-state index < -0.39 is 0 Å². The van der Waals surface area contributed by atoms with Gasteiger partial charge in [0, 0.05) is 52.0 Å². The van der Waals surface area contributed by atoms with Crippen molar-refractivity contribution >= 4 is 41.7 Å². The van der Waals surface area contributed by atoms with Crippen LogP contribution in [0.15, 0.2) is 35.3 Å². The second-order valence-corrected chi connectivity index (χ2v) is 6.36. The first-order valence-electron chi connectivity index (χ1n) is 9.29. The number of carbonyl (C=O) groups excluding carboxylic acids is 1. The van der Waals surface area contributed by atoms with E-state index in [0.29, 0.717) is 25.7 Å². The zero-order chi connectivity index (χ0) is 18.8. The summed E-state index contributed by atoms with van der Waals surface area (Å²) in [5.74, 6) is 0.807. The number of hydrogen-bond acceptors (Lipinski definition) is 4. The number of guanidine groups is 1. The first kappa shape index (κ1) is 23.3. The number of nitrogens with one attached hydrogen (secondary N) is 2. The topological polar surface area (TPSA) is 69.2 Å². The van der Waals surface area contributed by atoms with Crippen LogP contribution in [-0.2, 0) is 4.74 Å². The average molecular weight is 489 g/mol. The Morgan fingerprint density at radius 3 is 2.56 bits per heavy atom. The summed E-state index contributed by atoms with van der Waals surface area (Å²) in [4.78, 5) is 20.0. The van der Waals surface area contributed by atoms with Crippen molar-refractivity contribution in [1.29, 1.82) is 0 Å². The third-order valence-electron chi connectivity index (χ3n) is 4.52. The molecule has 1 aromatic carbocycles. The van der Waals surface area contributed by atoms with Gasteiger partial charge in [-0.05, 0) is 31.9 Å². The third-order valence-corrected chi connectivity index (χ3v) is 4.52. The fourth-order valence-electron chi connectivity index (χ4n) is 2.96. The Balaban J connectivity index is 0.00000364. The molecule has 8 heteroatoms. The Morgan fingerprint density at radius 2 is 1.96 bits per heavy atom. The molecule has 1 saturated heterocycles. The van der Waals surface area contributed by atoms with Gasteiger partial charge in [0.2, 0.25) is 0 Å². The number of ether oxygens (including phenoxy) is 1. The van der Waals surface area contributed by atoms with Gasteiger partial charge in [0.05, 0.1) is 6.61 Å². The van der Waals surface area contributed by atoms with Crippen LogP contribution in [0.3, 0.4) is 0 Å². The van der Waals surface area contributed by atoms with E-state index in [9.17, 15) is 4.79 Å². The summed E-state index contributed by atoms with van der Waals surface area (Å²) in [6, 6.07) is 10.6. The lowest BCUT2D eigenvalue weighted by Gasteiger charge is -2.32. The smallest absolute Gasteiger partial charge is 0.409 e. The van der Waals surface area contributed by atoms with E-state index in [1.807, 2.05) is 25.1 Å². The highest BCUT2D eigenvalue weighted by molar-refractivity contribution is 14.0. The Morgan fingerprint density at radius 1 is 1.30 bits per heavy atom. The quantitative estimate of drug-likeness (QED) is 0.365. The molecule has 1 heterocycles. The maximum atomic E-state index is 11.7. The van der Waals surface area contributed by atoms with E-state index in [4.69, 9.17) is 4.74 Å². The second kappa shape index (κ2) is 12.6. The normalized spacial score (nSPS) is 14.9. The van der Waals surface area contributed by atoms with Gasteiger partial charge in [0.25, 0.3) is 0 Å². The van der Waals surface area contributed by atoms with E-state index in [-0.39, 0.29) is 30.1 Å². The SMILES string of the molecule is CCOC(=O)N1CCC(NC(=NC)NCCN(C)c2ccccc2)CC1.I. The van der Waals surface area contributed by atoms with Crippen LogP contribution in [0, 0.1) is 0 Å². The molecule has 0 spiro atoms. The molecule has 0 saturated carbocycles. The number of carbonyl (C=O) groups is 1. The highest BCUT2D eigenvalue weighted by atomic mass is 127. The molecule has 0 unspecified atom stereocenters. The summed E-state index contributed by atoms with van der Waals surface area (Å²) >= 11 is 0. The summed E-state index contributed by atoms with van der Waals surface area (Å²) in [7, 11) is 3.86. The number of para-hydroxylation sites is 1. The molecule has 0 aromatic heterocycles. The number of nitrogens with zero attached hydrogens (tertiary/aromatic N) is 3. The number of anilines is 1. The molecule has 0 bridgehead atoms. The van der Waals surface area contributed by atoms with Crippen molar-refractivity contribution in [3.63, 3.8) is 0 Å². The van der Waals surface area contributed by atoms with E-state index in [1.165, 1.54) is 5.69 Å². The fourth-order valence-corrected chi connectivity index (χ4v) is 2.96. The molecular weight excluding hydrogens is 457 g/mol. The van der Waals surface area contributed by atoms with Crippen molar-refractivity contribution in [2.75, 3.05) is 51.8 Å². The lowest BCUT2D eigenvalue weighted by Crippen LogP contribution is -2.50. The lowest BCUT2D eigenvalue weighted by atomic mass is 10.1. The van der Waals surface area contributed by atoms with Gasteiger partial charge >= 0.3 is 6.09 Å². The Labute approximate surface area is 179 Å². The van der Waals surface area contributed by atoms with Crippen molar-refractivity contribution in [1.82, 2.24) is 15.5 Å². The largest absolute Gasteiger partial charge is 0.450 e. The van der Waals surface area contributed by atoms with Crippen molar-refractivity contribution in [3.05, 3.63) is 30.3 Å². The zero-order valence-electron chi connectivity index (χ0n) is 16.5. The van der Waals surface area contributed by atoms with Gasteiger partial charge in [-0.1, -0.05) is 18.2 Å². The Hall–Kier alpha value is -1.71. The molecular formula is C19H32IN5O2. The van der Waals surface area contributed by atoms with Gasteiger partial charge in [0.15, 0.2) is 5.96 Å². The highest BCUT2D eigenvalue weighted by Crippen LogP contribution is 2.12. The van der Waals surface area contributed by atoms with Gasteiger partial charge in [-0.2, -0.15) is 0 Å². The van der Waals surface area contributed by atoms with Crippen molar-refractivity contribution < 1.29 is 9.53 Å². The van der Waals surface area contributed by atoms with E-state index in [1.54, 1.807) is 11.9 Å². The summed E-state index contributed by atoms with van der Waals surface area (Å²) < 4.78 is 5.06. The predicted molar refractivity (Wildman–Crippen MR) is 121 cm³/mol. The predicted octanol–water partition coefficient (Wildman–Crippen LogP) is 2.53. The van der Waals surface area contributed by atoms with Crippen LogP contribution in [0.1, 0.15) is 19.8 Å². The Kier molecular flexibility index (Phi) is 10.9. The lowest BCUT2D eigenvalue weighted by molar-refractivity contribution is 0.0963. The van der Waals surface area contributed by atoms with Crippen LogP contribution in [0.25, 0.3) is 0 Å². The molecule has 0 radical (unpaired) electrons. The Bertz CT molecular complexity index is 577. The summed E-state index contributed by atoms with van der Waals surface area (Å²) in [5, 5.41) is 6.82. The minimum atomic E-state index is -0.211. The monoisotopic (exact) mass is 489 g/mol. The molecule has 1 aliphatic rings. The number of hydrogen-bond donors (Lipinski definition) is 2. The molecule has 2 N–H and O–H groups in total. The van der Waals surface area contributed by atoms with Crippen LogP contribution in [-0.4, -0.2) is 69.9 Å². The summed E-state index contributed by atoms with van der Waals surface area (Å²) in [6.45, 7) is 5.36. The molecule has 152 valence electrons. The number of aliphatic imine (C=N–C) groups is 1. The van der Waals surface area contributed by atoms with Crippen molar-refractivity contribution in [3.8, 4) is 0 Å². The molecule has 1 fully saturated rings. The number of likely N-dealkylation sites (tertiary alicyclic amines) is 1. The van der Waals surface area contributed by atoms with Crippen LogP contribution >= 0.6 is 24.0 Å². The summed E-state index contributed by atoms with van der Waals surface area (Å²) in [6.07, 6.45) is 1.57. The number of amides is 1.